The van der Waals surface area contributed by atoms with Gasteiger partial charge in [0.2, 0.25) is 0 Å². The van der Waals surface area contributed by atoms with Crippen LogP contribution in [0.3, 0.4) is 0 Å². The number of aromatic nitrogens is 2. The summed E-state index contributed by atoms with van der Waals surface area (Å²) >= 11 is 3.57. The highest BCUT2D eigenvalue weighted by Gasteiger charge is 2.18. The van der Waals surface area contributed by atoms with Crippen LogP contribution in [0.5, 0.6) is 0 Å². The zero-order valence-corrected chi connectivity index (χ0v) is 10.9. The molecule has 15 heavy (non-hydrogen) atoms. The maximum absolute atomic E-state index is 4.45. The van der Waals surface area contributed by atoms with Crippen molar-refractivity contribution in [2.45, 2.75) is 45.2 Å². The molecule has 0 amide bonds. The van der Waals surface area contributed by atoms with Gasteiger partial charge in [0.25, 0.3) is 0 Å². The van der Waals surface area contributed by atoms with Gasteiger partial charge < -0.3 is 9.88 Å². The zero-order chi connectivity index (χ0) is 10.8. The molecule has 0 aromatic carbocycles. The van der Waals surface area contributed by atoms with Gasteiger partial charge in [-0.3, -0.25) is 0 Å². The summed E-state index contributed by atoms with van der Waals surface area (Å²) < 4.78 is 3.38. The van der Waals surface area contributed by atoms with Gasteiger partial charge in [0.1, 0.15) is 10.4 Å². The SMILES string of the molecule is CC(C)c1ncc(Br)n1CC1CCCN1. The van der Waals surface area contributed by atoms with Crippen LogP contribution < -0.4 is 5.32 Å². The lowest BCUT2D eigenvalue weighted by Gasteiger charge is -2.16. The number of nitrogens with one attached hydrogen (secondary N) is 1. The largest absolute Gasteiger partial charge is 0.321 e. The molecule has 1 aliphatic heterocycles. The molecule has 1 fully saturated rings. The first kappa shape index (κ1) is 11.1. The molecule has 1 aromatic rings. The molecule has 0 bridgehead atoms. The molecule has 0 spiro atoms. The van der Waals surface area contributed by atoms with Crippen LogP contribution in [0.4, 0.5) is 0 Å². The number of halogens is 1. The second-order valence-electron chi connectivity index (χ2n) is 4.50. The molecule has 1 saturated heterocycles. The Hall–Kier alpha value is -0.350. The Labute approximate surface area is 99.4 Å². The molecule has 0 saturated carbocycles. The van der Waals surface area contributed by atoms with Gasteiger partial charge in [0.15, 0.2) is 0 Å². The van der Waals surface area contributed by atoms with Crippen molar-refractivity contribution in [1.29, 1.82) is 0 Å². The predicted molar refractivity (Wildman–Crippen MR) is 65.0 cm³/mol. The van der Waals surface area contributed by atoms with Crippen molar-refractivity contribution in [3.8, 4) is 0 Å². The van der Waals surface area contributed by atoms with Crippen molar-refractivity contribution >= 4 is 15.9 Å². The minimum Gasteiger partial charge on any atom is -0.321 e. The lowest BCUT2D eigenvalue weighted by atomic mass is 10.2. The second kappa shape index (κ2) is 4.66. The van der Waals surface area contributed by atoms with Crippen LogP contribution in [0.2, 0.25) is 0 Å². The molecule has 2 rings (SSSR count). The summed E-state index contributed by atoms with van der Waals surface area (Å²) in [5, 5.41) is 3.52. The van der Waals surface area contributed by atoms with Gasteiger partial charge in [-0.2, -0.15) is 0 Å². The first-order valence-corrected chi connectivity index (χ1v) is 6.42. The fourth-order valence-electron chi connectivity index (χ4n) is 2.14. The summed E-state index contributed by atoms with van der Waals surface area (Å²) in [7, 11) is 0. The third kappa shape index (κ3) is 2.42. The van der Waals surface area contributed by atoms with Gasteiger partial charge in [0, 0.05) is 18.5 Å². The average molecular weight is 272 g/mol. The first-order valence-electron chi connectivity index (χ1n) is 5.63. The topological polar surface area (TPSA) is 29.9 Å². The Kier molecular flexibility index (Phi) is 3.46. The van der Waals surface area contributed by atoms with Gasteiger partial charge in [-0.15, -0.1) is 0 Å². The smallest absolute Gasteiger partial charge is 0.112 e. The van der Waals surface area contributed by atoms with E-state index in [1.807, 2.05) is 6.20 Å². The quantitative estimate of drug-likeness (QED) is 0.916. The van der Waals surface area contributed by atoms with Crippen molar-refractivity contribution < 1.29 is 0 Å². The van der Waals surface area contributed by atoms with Gasteiger partial charge >= 0.3 is 0 Å². The molecule has 1 aliphatic rings. The Morgan fingerprint density at radius 3 is 3.07 bits per heavy atom. The van der Waals surface area contributed by atoms with Crippen LogP contribution in [0.25, 0.3) is 0 Å². The van der Waals surface area contributed by atoms with Gasteiger partial charge in [-0.1, -0.05) is 13.8 Å². The highest BCUT2D eigenvalue weighted by Crippen LogP contribution is 2.21. The van der Waals surface area contributed by atoms with Crippen molar-refractivity contribution in [3.05, 3.63) is 16.6 Å². The summed E-state index contributed by atoms with van der Waals surface area (Å²) in [5.41, 5.74) is 0. The molecule has 1 N–H and O–H groups in total. The molecule has 2 heterocycles. The lowest BCUT2D eigenvalue weighted by molar-refractivity contribution is 0.484. The highest BCUT2D eigenvalue weighted by molar-refractivity contribution is 9.10. The molecular weight excluding hydrogens is 254 g/mol. The minimum atomic E-state index is 0.484. The van der Waals surface area contributed by atoms with Crippen molar-refractivity contribution in [2.24, 2.45) is 0 Å². The van der Waals surface area contributed by atoms with E-state index in [9.17, 15) is 0 Å². The lowest BCUT2D eigenvalue weighted by Crippen LogP contribution is -2.27. The number of rotatable bonds is 3. The normalized spacial score (nSPS) is 21.5. The molecule has 1 unspecified atom stereocenters. The van der Waals surface area contributed by atoms with E-state index in [0.29, 0.717) is 12.0 Å². The third-order valence-corrected chi connectivity index (χ3v) is 3.55. The predicted octanol–water partition coefficient (Wildman–Crippen LogP) is 2.52. The van der Waals surface area contributed by atoms with Crippen LogP contribution in [0.15, 0.2) is 10.8 Å². The summed E-state index contributed by atoms with van der Waals surface area (Å²) in [6.45, 7) is 6.57. The van der Waals surface area contributed by atoms with E-state index in [1.54, 1.807) is 0 Å². The van der Waals surface area contributed by atoms with Gasteiger partial charge in [-0.25, -0.2) is 4.98 Å². The second-order valence-corrected chi connectivity index (χ2v) is 5.31. The molecule has 4 heteroatoms. The zero-order valence-electron chi connectivity index (χ0n) is 9.33. The Balaban J connectivity index is 2.14. The molecule has 3 nitrogen and oxygen atoms in total. The van der Waals surface area contributed by atoms with Gasteiger partial charge in [0.05, 0.1) is 6.20 Å². The molecule has 1 atom stereocenters. The minimum absolute atomic E-state index is 0.484. The van der Waals surface area contributed by atoms with Crippen LogP contribution in [0, 0.1) is 0 Å². The number of hydrogen-bond donors (Lipinski definition) is 1. The fourth-order valence-corrected chi connectivity index (χ4v) is 2.57. The van der Waals surface area contributed by atoms with E-state index in [0.717, 1.165) is 17.7 Å². The van der Waals surface area contributed by atoms with Crippen LogP contribution in [-0.4, -0.2) is 22.1 Å². The van der Waals surface area contributed by atoms with E-state index in [1.165, 1.54) is 18.7 Å². The molecule has 1 aromatic heterocycles. The van der Waals surface area contributed by atoms with Crippen molar-refractivity contribution in [2.75, 3.05) is 6.54 Å². The van der Waals surface area contributed by atoms with Crippen LogP contribution >= 0.6 is 15.9 Å². The number of imidazole rings is 1. The van der Waals surface area contributed by atoms with E-state index in [-0.39, 0.29) is 0 Å². The molecular formula is C11H18BrN3. The summed E-state index contributed by atoms with van der Waals surface area (Å²) in [4.78, 5) is 4.45. The third-order valence-electron chi connectivity index (χ3n) is 2.92. The Bertz CT molecular complexity index is 327. The highest BCUT2D eigenvalue weighted by atomic mass is 79.9. The summed E-state index contributed by atoms with van der Waals surface area (Å²) in [6.07, 6.45) is 4.49. The fraction of sp³-hybridized carbons (Fsp3) is 0.727. The van der Waals surface area contributed by atoms with E-state index in [4.69, 9.17) is 0 Å². The van der Waals surface area contributed by atoms with E-state index < -0.39 is 0 Å². The Morgan fingerprint density at radius 2 is 2.47 bits per heavy atom. The van der Waals surface area contributed by atoms with Crippen LogP contribution in [0.1, 0.15) is 38.4 Å². The first-order chi connectivity index (χ1) is 7.18. The van der Waals surface area contributed by atoms with Crippen LogP contribution in [-0.2, 0) is 6.54 Å². The van der Waals surface area contributed by atoms with E-state index >= 15 is 0 Å². The summed E-state index contributed by atoms with van der Waals surface area (Å²) in [6, 6.07) is 0.619. The standard InChI is InChI=1S/C11H18BrN3/c1-8(2)11-14-6-10(12)15(11)7-9-4-3-5-13-9/h6,8-9,13H,3-5,7H2,1-2H3. The van der Waals surface area contributed by atoms with Gasteiger partial charge in [-0.05, 0) is 35.3 Å². The average Bonchev–Trinajstić information content (AvgIpc) is 2.78. The Morgan fingerprint density at radius 1 is 1.67 bits per heavy atom. The molecule has 0 aliphatic carbocycles. The van der Waals surface area contributed by atoms with Crippen molar-refractivity contribution in [3.63, 3.8) is 0 Å². The number of nitrogens with zero attached hydrogens (tertiary/aromatic N) is 2. The van der Waals surface area contributed by atoms with Crippen molar-refractivity contribution in [1.82, 2.24) is 14.9 Å². The maximum Gasteiger partial charge on any atom is 0.112 e. The molecule has 84 valence electrons. The van der Waals surface area contributed by atoms with E-state index in [2.05, 4.69) is 44.6 Å². The number of hydrogen-bond acceptors (Lipinski definition) is 2. The molecule has 0 radical (unpaired) electrons. The maximum atomic E-state index is 4.45. The summed E-state index contributed by atoms with van der Waals surface area (Å²) in [5.74, 6) is 1.66. The monoisotopic (exact) mass is 271 g/mol.